The highest BCUT2D eigenvalue weighted by molar-refractivity contribution is 5.72. The minimum atomic E-state index is -0.858. The van der Waals surface area contributed by atoms with E-state index in [0.29, 0.717) is 30.3 Å². The molecule has 2 aliphatic rings. The lowest BCUT2D eigenvalue weighted by molar-refractivity contribution is -0.137. The van der Waals surface area contributed by atoms with Crippen molar-refractivity contribution in [3.63, 3.8) is 0 Å². The number of hydrogen-bond acceptors (Lipinski definition) is 5. The summed E-state index contributed by atoms with van der Waals surface area (Å²) in [7, 11) is 0. The van der Waals surface area contributed by atoms with Crippen LogP contribution in [0.3, 0.4) is 0 Å². The van der Waals surface area contributed by atoms with Gasteiger partial charge in [-0.3, -0.25) is 4.79 Å². The van der Waals surface area contributed by atoms with Gasteiger partial charge < -0.3 is 24.1 Å². The molecule has 0 spiro atoms. The van der Waals surface area contributed by atoms with E-state index in [-0.39, 0.29) is 30.9 Å². The Kier molecular flexibility index (Phi) is 6.83. The first-order chi connectivity index (χ1) is 17.4. The number of aryl methyl sites for hydroxylation is 2. The highest BCUT2D eigenvalue weighted by Gasteiger charge is 2.26. The number of carboxylic acid groups (broad SMARTS) is 1. The van der Waals surface area contributed by atoms with Crippen LogP contribution in [0.1, 0.15) is 41.0 Å². The van der Waals surface area contributed by atoms with Gasteiger partial charge in [-0.25, -0.2) is 4.39 Å². The summed E-state index contributed by atoms with van der Waals surface area (Å²) in [4.78, 5) is 11.1. The van der Waals surface area contributed by atoms with Crippen molar-refractivity contribution in [3.05, 3.63) is 76.6 Å². The Bertz CT molecular complexity index is 1260. The second-order valence-corrected chi connectivity index (χ2v) is 9.44. The molecule has 1 saturated heterocycles. The topological polar surface area (TPSA) is 74.2 Å². The normalized spacial score (nSPS) is 18.5. The summed E-state index contributed by atoms with van der Waals surface area (Å²) < 4.78 is 37.7. The molecule has 36 heavy (non-hydrogen) atoms. The molecule has 1 fully saturated rings. The van der Waals surface area contributed by atoms with Crippen molar-refractivity contribution in [3.8, 4) is 28.4 Å². The van der Waals surface area contributed by atoms with Gasteiger partial charge in [0.25, 0.3) is 0 Å². The van der Waals surface area contributed by atoms with Crippen molar-refractivity contribution >= 4 is 5.97 Å². The third kappa shape index (κ3) is 5.16. The lowest BCUT2D eigenvalue weighted by Gasteiger charge is -2.17. The smallest absolute Gasteiger partial charge is 0.304 e. The van der Waals surface area contributed by atoms with E-state index < -0.39 is 5.97 Å². The molecule has 0 saturated carbocycles. The zero-order chi connectivity index (χ0) is 25.2. The molecule has 3 aromatic rings. The van der Waals surface area contributed by atoms with E-state index in [9.17, 15) is 9.18 Å². The van der Waals surface area contributed by atoms with Gasteiger partial charge in [-0.05, 0) is 66.4 Å². The van der Waals surface area contributed by atoms with Gasteiger partial charge in [-0.1, -0.05) is 12.1 Å². The van der Waals surface area contributed by atoms with Gasteiger partial charge in [0.05, 0.1) is 26.2 Å². The molecule has 6 nitrogen and oxygen atoms in total. The van der Waals surface area contributed by atoms with E-state index in [1.165, 1.54) is 6.07 Å². The van der Waals surface area contributed by atoms with E-state index in [0.717, 1.165) is 46.6 Å². The monoisotopic (exact) mass is 492 g/mol. The summed E-state index contributed by atoms with van der Waals surface area (Å²) in [6.07, 6.45) is 0.990. The maximum atomic E-state index is 14.7. The van der Waals surface area contributed by atoms with Crippen molar-refractivity contribution in [2.75, 3.05) is 19.8 Å². The van der Waals surface area contributed by atoms with Crippen LogP contribution < -0.4 is 14.2 Å². The van der Waals surface area contributed by atoms with Crippen LogP contribution in [0.2, 0.25) is 0 Å². The molecule has 0 bridgehead atoms. The Balaban J connectivity index is 1.31. The van der Waals surface area contributed by atoms with E-state index in [1.54, 1.807) is 18.2 Å². The van der Waals surface area contributed by atoms with Gasteiger partial charge >= 0.3 is 5.97 Å². The Morgan fingerprint density at radius 2 is 1.86 bits per heavy atom. The van der Waals surface area contributed by atoms with Crippen molar-refractivity contribution in [1.82, 2.24) is 0 Å². The van der Waals surface area contributed by atoms with Crippen LogP contribution in [0.5, 0.6) is 17.2 Å². The number of carbonyl (C=O) groups is 1. The lowest BCUT2D eigenvalue weighted by atomic mass is 9.94. The van der Waals surface area contributed by atoms with Crippen LogP contribution in [-0.2, 0) is 16.1 Å². The Labute approximate surface area is 209 Å². The summed E-state index contributed by atoms with van der Waals surface area (Å²) in [6, 6.07) is 14.4. The first kappa shape index (κ1) is 24.1. The molecule has 3 aromatic carbocycles. The number of fused-ring (bicyclic) bond motifs is 1. The van der Waals surface area contributed by atoms with Gasteiger partial charge in [-0.15, -0.1) is 0 Å². The second-order valence-electron chi connectivity index (χ2n) is 9.44. The van der Waals surface area contributed by atoms with E-state index in [4.69, 9.17) is 24.1 Å². The molecule has 2 aliphatic heterocycles. The Hall–Kier alpha value is -3.58. The molecule has 188 valence electrons. The van der Waals surface area contributed by atoms with Gasteiger partial charge in [0, 0.05) is 29.5 Å². The van der Waals surface area contributed by atoms with Crippen molar-refractivity contribution in [2.45, 2.75) is 45.3 Å². The molecule has 0 aliphatic carbocycles. The zero-order valence-corrected chi connectivity index (χ0v) is 20.4. The molecule has 1 N–H and O–H groups in total. The number of benzene rings is 3. The average molecular weight is 493 g/mol. The quantitative estimate of drug-likeness (QED) is 0.428. The number of aliphatic carboxylic acids is 1. The molecule has 7 heteroatoms. The standard InChI is InChI=1S/C29H29FO6/c1-17-9-24(36-23-7-8-33-16-23)10-18(2)29(17)19-3-6-26(30)21(11-19)15-34-22-4-5-25-20(12-28(31)32)14-35-27(25)13-22/h3-6,9-11,13,20,23H,7-8,12,14-16H2,1-2H3,(H,31,32)/t20-,23-/m1/s1. The van der Waals surface area contributed by atoms with Gasteiger partial charge in [0.1, 0.15) is 35.8 Å². The molecule has 0 amide bonds. The molecule has 0 unspecified atom stereocenters. The fourth-order valence-electron chi connectivity index (χ4n) is 4.97. The van der Waals surface area contributed by atoms with Crippen LogP contribution in [-0.4, -0.2) is 37.0 Å². The molecular formula is C29H29FO6. The number of hydrogen-bond donors (Lipinski definition) is 1. The molecule has 0 radical (unpaired) electrons. The van der Waals surface area contributed by atoms with E-state index in [1.807, 2.05) is 38.1 Å². The number of carboxylic acids is 1. The fraction of sp³-hybridized carbons (Fsp3) is 0.345. The first-order valence-electron chi connectivity index (χ1n) is 12.1. The van der Waals surface area contributed by atoms with Crippen LogP contribution >= 0.6 is 0 Å². The molecular weight excluding hydrogens is 463 g/mol. The molecule has 2 atom stereocenters. The minimum absolute atomic E-state index is 0.0200. The van der Waals surface area contributed by atoms with Gasteiger partial charge in [-0.2, -0.15) is 0 Å². The summed E-state index contributed by atoms with van der Waals surface area (Å²) in [5.74, 6) is 0.608. The van der Waals surface area contributed by atoms with Crippen molar-refractivity contribution in [1.29, 1.82) is 0 Å². The average Bonchev–Trinajstić information content (AvgIpc) is 3.48. The van der Waals surface area contributed by atoms with Gasteiger partial charge in [0.15, 0.2) is 0 Å². The SMILES string of the molecule is Cc1cc(O[C@@H]2CCOC2)cc(C)c1-c1ccc(F)c(COc2ccc3c(c2)OC[C@H]3CC(=O)O)c1. The fourth-order valence-corrected chi connectivity index (χ4v) is 4.97. The van der Waals surface area contributed by atoms with E-state index >= 15 is 0 Å². The highest BCUT2D eigenvalue weighted by atomic mass is 19.1. The maximum Gasteiger partial charge on any atom is 0.304 e. The lowest BCUT2D eigenvalue weighted by Crippen LogP contribution is -2.15. The Morgan fingerprint density at radius 1 is 1.06 bits per heavy atom. The van der Waals surface area contributed by atoms with Crippen molar-refractivity contribution < 1.29 is 33.2 Å². The predicted molar refractivity (Wildman–Crippen MR) is 132 cm³/mol. The van der Waals surface area contributed by atoms with Gasteiger partial charge in [0.2, 0.25) is 0 Å². The Morgan fingerprint density at radius 3 is 2.58 bits per heavy atom. The molecule has 0 aromatic heterocycles. The molecule has 5 rings (SSSR count). The number of rotatable bonds is 8. The third-order valence-electron chi connectivity index (χ3n) is 6.71. The number of ether oxygens (including phenoxy) is 4. The summed E-state index contributed by atoms with van der Waals surface area (Å²) in [5, 5.41) is 9.07. The highest BCUT2D eigenvalue weighted by Crippen LogP contribution is 2.39. The zero-order valence-electron chi connectivity index (χ0n) is 20.4. The summed E-state index contributed by atoms with van der Waals surface area (Å²) in [6.45, 7) is 5.78. The van der Waals surface area contributed by atoms with Crippen LogP contribution in [0, 0.1) is 19.7 Å². The number of halogens is 1. The van der Waals surface area contributed by atoms with E-state index in [2.05, 4.69) is 0 Å². The third-order valence-corrected chi connectivity index (χ3v) is 6.71. The van der Waals surface area contributed by atoms with Crippen LogP contribution in [0.4, 0.5) is 4.39 Å². The second kappa shape index (κ2) is 10.2. The predicted octanol–water partition coefficient (Wildman–Crippen LogP) is 5.81. The van der Waals surface area contributed by atoms with Crippen LogP contribution in [0.25, 0.3) is 11.1 Å². The summed E-state index contributed by atoms with van der Waals surface area (Å²) in [5.41, 5.74) is 5.36. The first-order valence-corrected chi connectivity index (χ1v) is 12.1. The minimum Gasteiger partial charge on any atom is -0.492 e. The van der Waals surface area contributed by atoms with Crippen molar-refractivity contribution in [2.24, 2.45) is 0 Å². The molecule has 2 heterocycles. The van der Waals surface area contributed by atoms with Crippen LogP contribution in [0.15, 0.2) is 48.5 Å². The summed E-state index contributed by atoms with van der Waals surface area (Å²) >= 11 is 0. The largest absolute Gasteiger partial charge is 0.492 e. The maximum absolute atomic E-state index is 14.7.